The molecule has 0 saturated carbocycles. The van der Waals surface area contributed by atoms with Gasteiger partial charge in [0.05, 0.1) is 6.61 Å². The topological polar surface area (TPSA) is 68.1 Å². The molecule has 3 N–H and O–H groups in total. The molecule has 0 aromatic carbocycles. The first kappa shape index (κ1) is 10.7. The maximum absolute atomic E-state index is 12.2. The van der Waals surface area contributed by atoms with Gasteiger partial charge in [-0.25, -0.2) is 5.90 Å². The van der Waals surface area contributed by atoms with Crippen LogP contribution >= 0.6 is 0 Å². The predicted molar refractivity (Wildman–Crippen MR) is 41.0 cm³/mol. The van der Waals surface area contributed by atoms with E-state index in [4.69, 9.17) is 0 Å². The van der Waals surface area contributed by atoms with Gasteiger partial charge in [-0.1, -0.05) is 0 Å². The number of aromatic nitrogens is 1. The van der Waals surface area contributed by atoms with Crippen LogP contribution in [0.5, 0.6) is 0 Å². The molecule has 0 saturated heterocycles. The van der Waals surface area contributed by atoms with Crippen molar-refractivity contribution in [3.8, 4) is 0 Å². The van der Waals surface area contributed by atoms with Crippen LogP contribution in [0, 0.1) is 0 Å². The zero-order valence-electron chi connectivity index (χ0n) is 6.89. The zero-order valence-corrected chi connectivity index (χ0v) is 6.89. The van der Waals surface area contributed by atoms with Crippen molar-refractivity contribution in [1.29, 1.82) is 0 Å². The lowest BCUT2D eigenvalue weighted by Gasteiger charge is -2.06. The number of hydrogen-bond acceptors (Lipinski definition) is 3. The molecule has 0 fully saturated rings. The number of aromatic amines is 1. The molecule has 0 spiro atoms. The molecule has 1 rings (SSSR count). The largest absolute Gasteiger partial charge is 0.421 e. The molecule has 0 radical (unpaired) electrons. The van der Waals surface area contributed by atoms with E-state index in [0.717, 1.165) is 6.20 Å². The lowest BCUT2D eigenvalue weighted by molar-refractivity contribution is -0.138. The summed E-state index contributed by atoms with van der Waals surface area (Å²) in [6.45, 7) is -0.195. The van der Waals surface area contributed by atoms with Crippen LogP contribution in [-0.4, -0.2) is 4.98 Å². The monoisotopic (exact) mass is 208 g/mol. The number of halogens is 3. The molecule has 0 bridgehead atoms. The third-order valence-electron chi connectivity index (χ3n) is 1.52. The molecule has 1 aromatic heterocycles. The number of rotatable bonds is 2. The van der Waals surface area contributed by atoms with E-state index in [9.17, 15) is 18.0 Å². The Balaban J connectivity index is 3.15. The van der Waals surface area contributed by atoms with Crippen molar-refractivity contribution < 1.29 is 18.0 Å². The summed E-state index contributed by atoms with van der Waals surface area (Å²) in [4.78, 5) is 16.9. The standard InChI is InChI=1S/C7H7F3N2O2/c8-7(9,10)5-1-4(3-14-11)2-12-6(5)13/h1-2H,3,11H2,(H,12,13). The lowest BCUT2D eigenvalue weighted by Crippen LogP contribution is -2.21. The normalized spacial score (nSPS) is 11.7. The Hall–Kier alpha value is -1.34. The van der Waals surface area contributed by atoms with Gasteiger partial charge in [0.1, 0.15) is 5.56 Å². The second-order valence-corrected chi connectivity index (χ2v) is 2.56. The van der Waals surface area contributed by atoms with Crippen molar-refractivity contribution in [3.05, 3.63) is 33.7 Å². The molecule has 4 nitrogen and oxygen atoms in total. The van der Waals surface area contributed by atoms with Crippen LogP contribution < -0.4 is 11.5 Å². The van der Waals surface area contributed by atoms with E-state index in [1.54, 1.807) is 0 Å². The van der Waals surface area contributed by atoms with Crippen LogP contribution in [0.1, 0.15) is 11.1 Å². The summed E-state index contributed by atoms with van der Waals surface area (Å²) < 4.78 is 36.5. The highest BCUT2D eigenvalue weighted by atomic mass is 19.4. The van der Waals surface area contributed by atoms with Crippen LogP contribution in [0.4, 0.5) is 13.2 Å². The van der Waals surface area contributed by atoms with Gasteiger partial charge in [-0.3, -0.25) is 9.63 Å². The van der Waals surface area contributed by atoms with Gasteiger partial charge in [0.25, 0.3) is 5.56 Å². The number of H-pyrrole nitrogens is 1. The number of nitrogens with two attached hydrogens (primary N) is 1. The maximum atomic E-state index is 12.2. The fourth-order valence-corrected chi connectivity index (χ4v) is 0.919. The average molecular weight is 208 g/mol. The van der Waals surface area contributed by atoms with Gasteiger partial charge in [0.2, 0.25) is 0 Å². The number of pyridine rings is 1. The molecular weight excluding hydrogens is 201 g/mol. The average Bonchev–Trinajstić information content (AvgIpc) is 2.07. The molecule has 0 aliphatic carbocycles. The summed E-state index contributed by atoms with van der Waals surface area (Å²) in [7, 11) is 0. The quantitative estimate of drug-likeness (QED) is 0.706. The second-order valence-electron chi connectivity index (χ2n) is 2.56. The minimum Gasteiger partial charge on any atom is -0.328 e. The van der Waals surface area contributed by atoms with E-state index in [0.29, 0.717) is 6.07 Å². The SMILES string of the molecule is NOCc1c[nH]c(=O)c(C(F)(F)F)c1. The molecular formula is C7H7F3N2O2. The van der Waals surface area contributed by atoms with Gasteiger partial charge in [-0.15, -0.1) is 0 Å². The maximum Gasteiger partial charge on any atom is 0.421 e. The van der Waals surface area contributed by atoms with Gasteiger partial charge in [-0.2, -0.15) is 13.2 Å². The molecule has 0 atom stereocenters. The molecule has 1 aromatic rings. The molecule has 0 unspecified atom stereocenters. The third-order valence-corrected chi connectivity index (χ3v) is 1.52. The van der Waals surface area contributed by atoms with Gasteiger partial charge in [0.15, 0.2) is 0 Å². The Morgan fingerprint density at radius 3 is 2.64 bits per heavy atom. The van der Waals surface area contributed by atoms with E-state index in [2.05, 4.69) is 10.7 Å². The van der Waals surface area contributed by atoms with Crippen LogP contribution in [0.15, 0.2) is 17.1 Å². The molecule has 78 valence electrons. The second kappa shape index (κ2) is 3.81. The van der Waals surface area contributed by atoms with Gasteiger partial charge in [-0.05, 0) is 11.6 Å². The van der Waals surface area contributed by atoms with Crippen molar-refractivity contribution in [1.82, 2.24) is 4.98 Å². The number of hydrogen-bond donors (Lipinski definition) is 2. The highest BCUT2D eigenvalue weighted by Crippen LogP contribution is 2.26. The Morgan fingerprint density at radius 1 is 1.50 bits per heavy atom. The summed E-state index contributed by atoms with van der Waals surface area (Å²) in [5.41, 5.74) is -2.29. The minimum absolute atomic E-state index is 0.152. The first-order valence-corrected chi connectivity index (χ1v) is 3.55. The fraction of sp³-hybridized carbons (Fsp3) is 0.286. The minimum atomic E-state index is -4.67. The van der Waals surface area contributed by atoms with Gasteiger partial charge >= 0.3 is 6.18 Å². The summed E-state index contributed by atoms with van der Waals surface area (Å²) >= 11 is 0. The van der Waals surface area contributed by atoms with Gasteiger partial charge in [0, 0.05) is 6.20 Å². The highest BCUT2D eigenvalue weighted by molar-refractivity contribution is 5.20. The van der Waals surface area contributed by atoms with Crippen molar-refractivity contribution in [2.45, 2.75) is 12.8 Å². The molecule has 0 aliphatic heterocycles. The predicted octanol–water partition coefficient (Wildman–Crippen LogP) is 0.784. The number of alkyl halides is 3. The lowest BCUT2D eigenvalue weighted by atomic mass is 10.2. The van der Waals surface area contributed by atoms with Crippen molar-refractivity contribution in [2.75, 3.05) is 0 Å². The summed E-state index contributed by atoms with van der Waals surface area (Å²) in [6.07, 6.45) is -3.55. The van der Waals surface area contributed by atoms with Gasteiger partial charge < -0.3 is 4.98 Å². The van der Waals surface area contributed by atoms with E-state index >= 15 is 0 Å². The van der Waals surface area contributed by atoms with E-state index in [1.807, 2.05) is 4.98 Å². The fourth-order valence-electron chi connectivity index (χ4n) is 0.919. The van der Waals surface area contributed by atoms with Crippen LogP contribution in [0.3, 0.4) is 0 Å². The summed E-state index contributed by atoms with van der Waals surface area (Å²) in [5, 5.41) is 0. The van der Waals surface area contributed by atoms with E-state index in [1.165, 1.54) is 0 Å². The van der Waals surface area contributed by atoms with Crippen LogP contribution in [0.25, 0.3) is 0 Å². The molecule has 0 amide bonds. The Labute approximate surface area is 76.4 Å². The van der Waals surface area contributed by atoms with E-state index in [-0.39, 0.29) is 12.2 Å². The van der Waals surface area contributed by atoms with Crippen LogP contribution in [0.2, 0.25) is 0 Å². The highest BCUT2D eigenvalue weighted by Gasteiger charge is 2.33. The Morgan fingerprint density at radius 2 is 2.14 bits per heavy atom. The first-order valence-electron chi connectivity index (χ1n) is 3.55. The van der Waals surface area contributed by atoms with E-state index < -0.39 is 17.3 Å². The smallest absolute Gasteiger partial charge is 0.328 e. The third kappa shape index (κ3) is 2.33. The molecule has 7 heteroatoms. The van der Waals surface area contributed by atoms with Crippen molar-refractivity contribution in [3.63, 3.8) is 0 Å². The number of nitrogens with one attached hydrogen (secondary N) is 1. The van der Waals surface area contributed by atoms with Crippen molar-refractivity contribution in [2.24, 2.45) is 5.90 Å². The zero-order chi connectivity index (χ0) is 10.8. The summed E-state index contributed by atoms with van der Waals surface area (Å²) in [6, 6.07) is 0.700. The molecule has 0 aliphatic rings. The van der Waals surface area contributed by atoms with Crippen molar-refractivity contribution >= 4 is 0 Å². The van der Waals surface area contributed by atoms with Crippen LogP contribution in [-0.2, 0) is 17.6 Å². The Bertz CT molecular complexity index is 372. The summed E-state index contributed by atoms with van der Waals surface area (Å²) in [5.74, 6) is 4.68. The Kier molecular flexibility index (Phi) is 2.92. The first-order chi connectivity index (χ1) is 6.45. The molecule has 1 heterocycles. The molecule has 14 heavy (non-hydrogen) atoms.